The van der Waals surface area contributed by atoms with Crippen molar-refractivity contribution in [3.8, 4) is 11.3 Å². The molecule has 0 aromatic carbocycles. The molecule has 2 aromatic rings. The number of hydrogen-bond donors (Lipinski definition) is 1. The van der Waals surface area contributed by atoms with Gasteiger partial charge in [-0.15, -0.1) is 0 Å². The van der Waals surface area contributed by atoms with Gasteiger partial charge in [0.15, 0.2) is 5.82 Å². The van der Waals surface area contributed by atoms with E-state index in [2.05, 4.69) is 15.3 Å². The molecule has 1 saturated heterocycles. The summed E-state index contributed by atoms with van der Waals surface area (Å²) >= 11 is 0. The lowest BCUT2D eigenvalue weighted by Crippen LogP contribution is -2.47. The van der Waals surface area contributed by atoms with Crippen LogP contribution in [0, 0.1) is 5.82 Å². The lowest BCUT2D eigenvalue weighted by molar-refractivity contribution is -0.0494. The van der Waals surface area contributed by atoms with Crippen LogP contribution in [0.3, 0.4) is 0 Å². The Labute approximate surface area is 176 Å². The van der Waals surface area contributed by atoms with Crippen molar-refractivity contribution in [1.82, 2.24) is 18.8 Å². The van der Waals surface area contributed by atoms with Crippen LogP contribution in [0.5, 0.6) is 0 Å². The Morgan fingerprint density at radius 3 is 2.42 bits per heavy atom. The molecule has 0 amide bonds. The molecule has 3 heterocycles. The van der Waals surface area contributed by atoms with E-state index < -0.39 is 21.3 Å². The van der Waals surface area contributed by atoms with E-state index in [4.69, 9.17) is 0 Å². The van der Waals surface area contributed by atoms with Crippen molar-refractivity contribution in [2.75, 3.05) is 18.4 Å². The van der Waals surface area contributed by atoms with Crippen molar-refractivity contribution in [2.45, 2.75) is 44.3 Å². The molecule has 8 nitrogen and oxygen atoms in total. The Morgan fingerprint density at radius 2 is 1.84 bits per heavy atom. The van der Waals surface area contributed by atoms with E-state index in [1.165, 1.54) is 22.9 Å². The number of halogens is 4. The average Bonchev–Trinajstić information content (AvgIpc) is 2.69. The highest BCUT2D eigenvalue weighted by molar-refractivity contribution is 7.90. The quantitative estimate of drug-likeness (QED) is 0.685. The predicted molar refractivity (Wildman–Crippen MR) is 105 cm³/mol. The van der Waals surface area contributed by atoms with Gasteiger partial charge in [-0.1, -0.05) is 0 Å². The molecule has 1 fully saturated rings. The molecule has 0 radical (unpaired) electrons. The standard InChI is InChI=1S/C18H21F4N5O3S/c1-11(2)27-10-12(3-4-15(27)28)16-14(19)9-23-17(25-16)24-13-5-7-26(8-6-13)31(29,30)18(20,21)22/h3-4,9-11,13H,5-8H2,1-2H3,(H,23,24,25). The maximum absolute atomic E-state index is 14.3. The summed E-state index contributed by atoms with van der Waals surface area (Å²) in [4.78, 5) is 19.9. The van der Waals surface area contributed by atoms with E-state index in [1.807, 2.05) is 0 Å². The van der Waals surface area contributed by atoms with E-state index in [9.17, 15) is 30.8 Å². The van der Waals surface area contributed by atoms with Crippen LogP contribution in [0.1, 0.15) is 32.7 Å². The smallest absolute Gasteiger partial charge is 0.351 e. The molecule has 0 spiro atoms. The Hall–Kier alpha value is -2.54. The van der Waals surface area contributed by atoms with Crippen molar-refractivity contribution < 1.29 is 26.0 Å². The van der Waals surface area contributed by atoms with Gasteiger partial charge < -0.3 is 9.88 Å². The molecule has 0 saturated carbocycles. The van der Waals surface area contributed by atoms with Gasteiger partial charge in [-0.2, -0.15) is 17.5 Å². The van der Waals surface area contributed by atoms with Crippen LogP contribution in [-0.2, 0) is 10.0 Å². The van der Waals surface area contributed by atoms with Crippen molar-refractivity contribution in [2.24, 2.45) is 0 Å². The van der Waals surface area contributed by atoms with Crippen molar-refractivity contribution in [3.05, 3.63) is 40.7 Å². The fraction of sp³-hybridized carbons (Fsp3) is 0.500. The molecular weight excluding hydrogens is 442 g/mol. The van der Waals surface area contributed by atoms with Crippen LogP contribution in [0.2, 0.25) is 0 Å². The second-order valence-electron chi connectivity index (χ2n) is 7.42. The minimum absolute atomic E-state index is 0.0380. The van der Waals surface area contributed by atoms with E-state index in [0.717, 1.165) is 6.20 Å². The summed E-state index contributed by atoms with van der Waals surface area (Å²) in [5.74, 6) is -0.651. The number of hydrogen-bond acceptors (Lipinski definition) is 6. The maximum Gasteiger partial charge on any atom is 0.511 e. The topological polar surface area (TPSA) is 97.2 Å². The molecule has 2 aromatic heterocycles. The molecule has 0 atom stereocenters. The van der Waals surface area contributed by atoms with Crippen molar-refractivity contribution >= 4 is 16.0 Å². The zero-order chi connectivity index (χ0) is 23.0. The highest BCUT2D eigenvalue weighted by Crippen LogP contribution is 2.29. The minimum Gasteiger partial charge on any atom is -0.351 e. The summed E-state index contributed by atoms with van der Waals surface area (Å²) in [6, 6.07) is 2.22. The monoisotopic (exact) mass is 463 g/mol. The Balaban J connectivity index is 1.75. The van der Waals surface area contributed by atoms with Gasteiger partial charge in [-0.25, -0.2) is 22.8 Å². The van der Waals surface area contributed by atoms with Crippen LogP contribution in [-0.4, -0.2) is 51.9 Å². The van der Waals surface area contributed by atoms with Gasteiger partial charge in [-0.05, 0) is 32.8 Å². The fourth-order valence-corrected chi connectivity index (χ4v) is 4.24. The number of aromatic nitrogens is 3. The zero-order valence-corrected chi connectivity index (χ0v) is 17.5. The summed E-state index contributed by atoms with van der Waals surface area (Å²) in [7, 11) is -5.36. The first-order chi connectivity index (χ1) is 14.4. The fourth-order valence-electron chi connectivity index (χ4n) is 3.26. The minimum atomic E-state index is -5.36. The van der Waals surface area contributed by atoms with E-state index in [-0.39, 0.29) is 55.2 Å². The van der Waals surface area contributed by atoms with Gasteiger partial charge in [-0.3, -0.25) is 4.79 Å². The van der Waals surface area contributed by atoms with Gasteiger partial charge in [0.25, 0.3) is 5.56 Å². The number of rotatable bonds is 5. The summed E-state index contributed by atoms with van der Waals surface area (Å²) in [6.45, 7) is 2.99. The Bertz CT molecular complexity index is 1110. The molecule has 1 aliphatic rings. The third-order valence-corrected chi connectivity index (χ3v) is 6.56. The van der Waals surface area contributed by atoms with Crippen LogP contribution >= 0.6 is 0 Å². The summed E-state index contributed by atoms with van der Waals surface area (Å²) in [5.41, 5.74) is -5.26. The van der Waals surface area contributed by atoms with Gasteiger partial charge in [0.1, 0.15) is 5.69 Å². The van der Waals surface area contributed by atoms with E-state index in [1.54, 1.807) is 13.8 Å². The molecular formula is C18H21F4N5O3S. The average molecular weight is 463 g/mol. The molecule has 1 N–H and O–H groups in total. The number of pyridine rings is 1. The Morgan fingerprint density at radius 1 is 1.19 bits per heavy atom. The summed E-state index contributed by atoms with van der Waals surface area (Å²) in [6.07, 6.45) is 2.65. The molecule has 31 heavy (non-hydrogen) atoms. The number of nitrogens with zero attached hydrogens (tertiary/aromatic N) is 4. The van der Waals surface area contributed by atoms with Gasteiger partial charge >= 0.3 is 15.5 Å². The highest BCUT2D eigenvalue weighted by Gasteiger charge is 2.50. The first-order valence-electron chi connectivity index (χ1n) is 9.48. The van der Waals surface area contributed by atoms with Crippen LogP contribution in [0.25, 0.3) is 11.3 Å². The number of nitrogens with one attached hydrogen (secondary N) is 1. The maximum atomic E-state index is 14.3. The van der Waals surface area contributed by atoms with Gasteiger partial charge in [0.2, 0.25) is 5.95 Å². The molecule has 3 rings (SSSR count). The normalized spacial score (nSPS) is 16.6. The van der Waals surface area contributed by atoms with E-state index >= 15 is 0 Å². The SMILES string of the molecule is CC(C)n1cc(-c2nc(NC3CCN(S(=O)(=O)C(F)(F)F)CC3)ncc2F)ccc1=O. The summed E-state index contributed by atoms with van der Waals surface area (Å²) < 4.78 is 77.2. The third kappa shape index (κ3) is 4.87. The molecule has 0 unspecified atom stereocenters. The van der Waals surface area contributed by atoms with Crippen LogP contribution < -0.4 is 10.9 Å². The molecule has 1 aliphatic heterocycles. The highest BCUT2D eigenvalue weighted by atomic mass is 32.2. The molecule has 0 bridgehead atoms. The Kier molecular flexibility index (Phi) is 6.37. The molecule has 0 aliphatic carbocycles. The first-order valence-corrected chi connectivity index (χ1v) is 10.9. The lowest BCUT2D eigenvalue weighted by atomic mass is 10.1. The zero-order valence-electron chi connectivity index (χ0n) is 16.7. The largest absolute Gasteiger partial charge is 0.511 e. The van der Waals surface area contributed by atoms with Gasteiger partial charge in [0, 0.05) is 43.0 Å². The number of sulfonamides is 1. The second kappa shape index (κ2) is 8.54. The number of alkyl halides is 3. The molecule has 13 heteroatoms. The van der Waals surface area contributed by atoms with Gasteiger partial charge in [0.05, 0.1) is 6.20 Å². The lowest BCUT2D eigenvalue weighted by Gasteiger charge is -2.31. The third-order valence-electron chi connectivity index (χ3n) is 4.93. The van der Waals surface area contributed by atoms with Crippen LogP contribution in [0.15, 0.2) is 29.3 Å². The number of anilines is 1. The van der Waals surface area contributed by atoms with E-state index in [0.29, 0.717) is 9.87 Å². The molecule has 170 valence electrons. The van der Waals surface area contributed by atoms with Crippen LogP contribution in [0.4, 0.5) is 23.5 Å². The second-order valence-corrected chi connectivity index (χ2v) is 9.35. The predicted octanol–water partition coefficient (Wildman–Crippen LogP) is 2.75. The number of piperidine rings is 1. The summed E-state index contributed by atoms with van der Waals surface area (Å²) in [5, 5.41) is 2.92. The first kappa shape index (κ1) is 23.1. The van der Waals surface area contributed by atoms with Crippen molar-refractivity contribution in [3.63, 3.8) is 0 Å². The van der Waals surface area contributed by atoms with Crippen molar-refractivity contribution in [1.29, 1.82) is 0 Å².